The molecule has 0 bridgehead atoms. The molecule has 3 rings (SSSR count). The number of benzene rings is 1. The molecule has 2 heterocycles. The summed E-state index contributed by atoms with van der Waals surface area (Å²) in [6, 6.07) is 9.23. The summed E-state index contributed by atoms with van der Waals surface area (Å²) >= 11 is 0. The Hall–Kier alpha value is -2.47. The van der Waals surface area contributed by atoms with Gasteiger partial charge < -0.3 is 15.2 Å². The molecular weight excluding hydrogens is 308 g/mol. The third-order valence-corrected chi connectivity index (χ3v) is 4.60. The number of amides is 1. The number of hydrogen-bond donors (Lipinski definition) is 2. The molecule has 1 aliphatic rings. The van der Waals surface area contributed by atoms with Crippen molar-refractivity contribution in [2.24, 2.45) is 5.41 Å². The van der Waals surface area contributed by atoms with Crippen LogP contribution in [0, 0.1) is 12.3 Å². The van der Waals surface area contributed by atoms with Crippen molar-refractivity contribution in [1.82, 2.24) is 10.3 Å². The first-order valence-electron chi connectivity index (χ1n) is 7.98. The van der Waals surface area contributed by atoms with E-state index < -0.39 is 11.4 Å². The molecule has 0 spiro atoms. The zero-order valence-corrected chi connectivity index (χ0v) is 13.5. The Bertz CT molecular complexity index is 782. The third kappa shape index (κ3) is 3.10. The van der Waals surface area contributed by atoms with Crippen LogP contribution in [-0.2, 0) is 9.53 Å². The first-order chi connectivity index (χ1) is 11.5. The summed E-state index contributed by atoms with van der Waals surface area (Å²) < 4.78 is 5.25. The molecule has 2 N–H and O–H groups in total. The lowest BCUT2D eigenvalue weighted by molar-refractivity contribution is -0.154. The number of para-hydroxylation sites is 1. The van der Waals surface area contributed by atoms with Gasteiger partial charge in [0.15, 0.2) is 0 Å². The van der Waals surface area contributed by atoms with E-state index in [-0.39, 0.29) is 12.5 Å². The molecule has 2 aromatic rings. The largest absolute Gasteiger partial charge is 0.481 e. The molecule has 1 aliphatic heterocycles. The average molecular weight is 328 g/mol. The first-order valence-corrected chi connectivity index (χ1v) is 7.98. The minimum Gasteiger partial charge on any atom is -0.481 e. The van der Waals surface area contributed by atoms with E-state index in [4.69, 9.17) is 4.74 Å². The zero-order valence-electron chi connectivity index (χ0n) is 13.5. The Morgan fingerprint density at radius 1 is 1.25 bits per heavy atom. The van der Waals surface area contributed by atoms with Gasteiger partial charge in [0.1, 0.15) is 0 Å². The minimum absolute atomic E-state index is 0.0900. The van der Waals surface area contributed by atoms with Gasteiger partial charge in [-0.2, -0.15) is 0 Å². The fraction of sp³-hybridized carbons (Fsp3) is 0.389. The van der Waals surface area contributed by atoms with Crippen molar-refractivity contribution < 1.29 is 19.4 Å². The minimum atomic E-state index is -0.957. The Morgan fingerprint density at radius 2 is 2.00 bits per heavy atom. The van der Waals surface area contributed by atoms with Crippen LogP contribution < -0.4 is 5.32 Å². The van der Waals surface area contributed by atoms with Crippen LogP contribution in [0.5, 0.6) is 0 Å². The maximum absolute atomic E-state index is 12.6. The van der Waals surface area contributed by atoms with Gasteiger partial charge >= 0.3 is 5.97 Å². The molecule has 1 amide bonds. The summed E-state index contributed by atoms with van der Waals surface area (Å²) in [5.74, 6) is -1.19. The second kappa shape index (κ2) is 6.57. The van der Waals surface area contributed by atoms with Crippen molar-refractivity contribution in [3.63, 3.8) is 0 Å². The standard InChI is InChI=1S/C18H20N2O4/c1-12-5-6-13-3-2-4-14(15(13)20-12)16(21)19-11-18(17(22)23)7-9-24-10-8-18/h2-6H,7-11H2,1H3,(H,19,21)(H,22,23). The lowest BCUT2D eigenvalue weighted by atomic mass is 9.80. The van der Waals surface area contributed by atoms with Crippen LogP contribution in [-0.4, -0.2) is 41.7 Å². The molecule has 6 heteroatoms. The molecule has 126 valence electrons. The number of nitrogens with one attached hydrogen (secondary N) is 1. The zero-order chi connectivity index (χ0) is 17.2. The molecule has 1 aromatic heterocycles. The second-order valence-corrected chi connectivity index (χ2v) is 6.21. The van der Waals surface area contributed by atoms with Crippen molar-refractivity contribution in [3.05, 3.63) is 41.6 Å². The van der Waals surface area contributed by atoms with E-state index in [0.29, 0.717) is 37.1 Å². The number of rotatable bonds is 4. The monoisotopic (exact) mass is 328 g/mol. The number of carbonyl (C=O) groups is 2. The van der Waals surface area contributed by atoms with Gasteiger partial charge in [0.2, 0.25) is 0 Å². The van der Waals surface area contributed by atoms with E-state index in [1.54, 1.807) is 12.1 Å². The lowest BCUT2D eigenvalue weighted by Crippen LogP contribution is -2.46. The number of aliphatic carboxylic acids is 1. The number of aromatic nitrogens is 1. The first kappa shape index (κ1) is 16.4. The molecule has 1 aromatic carbocycles. The topological polar surface area (TPSA) is 88.5 Å². The highest BCUT2D eigenvalue weighted by Gasteiger charge is 2.40. The molecular formula is C18H20N2O4. The summed E-state index contributed by atoms with van der Waals surface area (Å²) in [7, 11) is 0. The van der Waals surface area contributed by atoms with E-state index >= 15 is 0 Å². The summed E-state index contributed by atoms with van der Waals surface area (Å²) in [6.45, 7) is 2.76. The fourth-order valence-electron chi connectivity index (χ4n) is 3.00. The predicted molar refractivity (Wildman–Crippen MR) is 88.9 cm³/mol. The number of aryl methyl sites for hydroxylation is 1. The van der Waals surface area contributed by atoms with Crippen molar-refractivity contribution in [2.75, 3.05) is 19.8 Å². The molecule has 1 saturated heterocycles. The van der Waals surface area contributed by atoms with Crippen LogP contribution in [0.2, 0.25) is 0 Å². The smallest absolute Gasteiger partial charge is 0.311 e. The van der Waals surface area contributed by atoms with Gasteiger partial charge in [-0.05, 0) is 31.9 Å². The van der Waals surface area contributed by atoms with E-state index in [9.17, 15) is 14.7 Å². The molecule has 24 heavy (non-hydrogen) atoms. The van der Waals surface area contributed by atoms with Crippen LogP contribution in [0.25, 0.3) is 10.9 Å². The van der Waals surface area contributed by atoms with Gasteiger partial charge in [0.25, 0.3) is 5.91 Å². The summed E-state index contributed by atoms with van der Waals surface area (Å²) in [4.78, 5) is 28.7. The lowest BCUT2D eigenvalue weighted by Gasteiger charge is -2.33. The predicted octanol–water partition coefficient (Wildman–Crippen LogP) is 2.15. The Kier molecular flexibility index (Phi) is 4.49. The fourth-order valence-corrected chi connectivity index (χ4v) is 3.00. The van der Waals surface area contributed by atoms with Gasteiger partial charge in [0.05, 0.1) is 16.5 Å². The number of carboxylic acid groups (broad SMARTS) is 1. The molecule has 0 unspecified atom stereocenters. The van der Waals surface area contributed by atoms with Crippen molar-refractivity contribution in [1.29, 1.82) is 0 Å². The SMILES string of the molecule is Cc1ccc2cccc(C(=O)NCC3(C(=O)O)CCOCC3)c2n1. The number of hydrogen-bond acceptors (Lipinski definition) is 4. The number of ether oxygens (including phenoxy) is 1. The van der Waals surface area contributed by atoms with E-state index in [2.05, 4.69) is 10.3 Å². The van der Waals surface area contributed by atoms with Crippen molar-refractivity contribution in [2.45, 2.75) is 19.8 Å². The Labute approximate surface area is 139 Å². The molecule has 0 atom stereocenters. The molecule has 0 aliphatic carbocycles. The quantitative estimate of drug-likeness (QED) is 0.898. The number of nitrogens with zero attached hydrogens (tertiary/aromatic N) is 1. The van der Waals surface area contributed by atoms with Gasteiger partial charge in [0, 0.05) is 30.8 Å². The number of carbonyl (C=O) groups excluding carboxylic acids is 1. The second-order valence-electron chi connectivity index (χ2n) is 6.21. The highest BCUT2D eigenvalue weighted by atomic mass is 16.5. The van der Waals surface area contributed by atoms with Crippen molar-refractivity contribution in [3.8, 4) is 0 Å². The van der Waals surface area contributed by atoms with Crippen LogP contribution in [0.3, 0.4) is 0 Å². The summed E-state index contributed by atoms with van der Waals surface area (Å²) in [5.41, 5.74) is 0.964. The number of fused-ring (bicyclic) bond motifs is 1. The van der Waals surface area contributed by atoms with Gasteiger partial charge in [-0.3, -0.25) is 14.6 Å². The van der Waals surface area contributed by atoms with Crippen LogP contribution in [0.15, 0.2) is 30.3 Å². The van der Waals surface area contributed by atoms with Gasteiger partial charge in [-0.15, -0.1) is 0 Å². The maximum atomic E-state index is 12.6. The van der Waals surface area contributed by atoms with E-state index in [1.807, 2.05) is 25.1 Å². The summed E-state index contributed by atoms with van der Waals surface area (Å²) in [5, 5.41) is 13.2. The van der Waals surface area contributed by atoms with Gasteiger partial charge in [-0.1, -0.05) is 18.2 Å². The number of carboxylic acids is 1. The molecule has 1 fully saturated rings. The van der Waals surface area contributed by atoms with Crippen LogP contribution in [0.1, 0.15) is 28.9 Å². The van der Waals surface area contributed by atoms with Crippen LogP contribution in [0.4, 0.5) is 0 Å². The van der Waals surface area contributed by atoms with Crippen LogP contribution >= 0.6 is 0 Å². The molecule has 0 saturated carbocycles. The highest BCUT2D eigenvalue weighted by molar-refractivity contribution is 6.05. The number of pyridine rings is 1. The third-order valence-electron chi connectivity index (χ3n) is 4.60. The van der Waals surface area contributed by atoms with E-state index in [1.165, 1.54) is 0 Å². The highest BCUT2D eigenvalue weighted by Crippen LogP contribution is 2.30. The molecule has 0 radical (unpaired) electrons. The van der Waals surface area contributed by atoms with E-state index in [0.717, 1.165) is 11.1 Å². The van der Waals surface area contributed by atoms with Gasteiger partial charge in [-0.25, -0.2) is 0 Å². The molecule has 6 nitrogen and oxygen atoms in total. The Morgan fingerprint density at radius 3 is 2.71 bits per heavy atom. The summed E-state index contributed by atoms with van der Waals surface area (Å²) in [6.07, 6.45) is 0.797. The van der Waals surface area contributed by atoms with Crippen molar-refractivity contribution >= 4 is 22.8 Å². The normalized spacial score (nSPS) is 16.7. The average Bonchev–Trinajstić information content (AvgIpc) is 2.59. The Balaban J connectivity index is 1.82. The maximum Gasteiger partial charge on any atom is 0.311 e.